The lowest BCUT2D eigenvalue weighted by Gasteiger charge is -2.18. The van der Waals surface area contributed by atoms with Crippen LogP contribution in [-0.4, -0.2) is 17.4 Å². The number of rotatable bonds is 2. The van der Waals surface area contributed by atoms with Gasteiger partial charge in [-0.15, -0.1) is 4.72 Å². The van der Waals surface area contributed by atoms with Gasteiger partial charge in [0, 0.05) is 23.8 Å². The third-order valence-corrected chi connectivity index (χ3v) is 2.38. The molecule has 0 aromatic carbocycles. The maximum absolute atomic E-state index is 10.8. The number of hydrogen-bond donors (Lipinski definition) is 1. The summed E-state index contributed by atoms with van der Waals surface area (Å²) < 4.78 is 13.5. The van der Waals surface area contributed by atoms with Crippen LogP contribution in [0.4, 0.5) is 0 Å². The summed E-state index contributed by atoms with van der Waals surface area (Å²) in [6.07, 6.45) is 0. The van der Waals surface area contributed by atoms with Crippen LogP contribution in [0, 0.1) is 5.41 Å². The highest BCUT2D eigenvalue weighted by atomic mass is 32.2. The maximum Gasteiger partial charge on any atom is 0.130 e. The van der Waals surface area contributed by atoms with Crippen molar-refractivity contribution < 1.29 is 4.55 Å². The van der Waals surface area contributed by atoms with E-state index in [4.69, 9.17) is 0 Å². The van der Waals surface area contributed by atoms with E-state index in [1.807, 2.05) is 0 Å². The minimum atomic E-state index is -0.846. The second-order valence-electron chi connectivity index (χ2n) is 3.25. The third kappa shape index (κ3) is 6.15. The Morgan fingerprint density at radius 3 is 2.00 bits per heavy atom. The van der Waals surface area contributed by atoms with Crippen molar-refractivity contribution in [1.29, 1.82) is 0 Å². The second-order valence-corrected chi connectivity index (χ2v) is 4.64. The first-order chi connectivity index (χ1) is 3.95. The van der Waals surface area contributed by atoms with Gasteiger partial charge in [-0.1, -0.05) is 20.8 Å². The molecular formula is C6H15NOS. The minimum Gasteiger partial charge on any atom is -0.598 e. The van der Waals surface area contributed by atoms with E-state index in [1.165, 1.54) is 0 Å². The van der Waals surface area contributed by atoms with Gasteiger partial charge >= 0.3 is 0 Å². The van der Waals surface area contributed by atoms with Gasteiger partial charge in [0.05, 0.1) is 0 Å². The smallest absolute Gasteiger partial charge is 0.130 e. The molecule has 56 valence electrons. The highest BCUT2D eigenvalue weighted by Gasteiger charge is 2.17. The van der Waals surface area contributed by atoms with Crippen molar-refractivity contribution in [3.63, 3.8) is 0 Å². The molecule has 0 spiro atoms. The lowest BCUT2D eigenvalue weighted by Crippen LogP contribution is -2.29. The van der Waals surface area contributed by atoms with Gasteiger partial charge < -0.3 is 4.55 Å². The Balaban J connectivity index is 3.47. The molecule has 0 aliphatic heterocycles. The molecular weight excluding hydrogens is 134 g/mol. The predicted octanol–water partition coefficient (Wildman–Crippen LogP) is 0.916. The van der Waals surface area contributed by atoms with Gasteiger partial charge in [0.2, 0.25) is 0 Å². The van der Waals surface area contributed by atoms with Gasteiger partial charge in [0.25, 0.3) is 0 Å². The Kier molecular flexibility index (Phi) is 3.54. The van der Waals surface area contributed by atoms with Crippen molar-refractivity contribution in [3.05, 3.63) is 0 Å². The molecule has 0 amide bonds. The van der Waals surface area contributed by atoms with Crippen LogP contribution in [0.5, 0.6) is 0 Å². The average Bonchev–Trinajstić information content (AvgIpc) is 1.62. The van der Waals surface area contributed by atoms with Gasteiger partial charge in [-0.05, 0) is 0 Å². The molecule has 9 heavy (non-hydrogen) atoms. The summed E-state index contributed by atoms with van der Waals surface area (Å²) in [5, 5.41) is 0. The monoisotopic (exact) mass is 149 g/mol. The van der Waals surface area contributed by atoms with Crippen molar-refractivity contribution in [2.45, 2.75) is 20.8 Å². The van der Waals surface area contributed by atoms with Crippen molar-refractivity contribution in [2.24, 2.45) is 5.41 Å². The summed E-state index contributed by atoms with van der Waals surface area (Å²) >= 11 is -0.846. The lowest BCUT2D eigenvalue weighted by atomic mass is 10.0. The van der Waals surface area contributed by atoms with Crippen LogP contribution in [0.3, 0.4) is 0 Å². The Bertz CT molecular complexity index is 79.6. The summed E-state index contributed by atoms with van der Waals surface area (Å²) in [4.78, 5) is 0. The van der Waals surface area contributed by atoms with Gasteiger partial charge in [0.15, 0.2) is 0 Å². The van der Waals surface area contributed by atoms with Crippen LogP contribution in [-0.2, 0) is 11.4 Å². The van der Waals surface area contributed by atoms with E-state index in [-0.39, 0.29) is 5.41 Å². The SMILES string of the molecule is CN[S+]([O-])CC(C)(C)C. The van der Waals surface area contributed by atoms with Gasteiger partial charge in [0.1, 0.15) is 5.75 Å². The molecule has 0 bridgehead atoms. The first-order valence-corrected chi connectivity index (χ1v) is 4.33. The zero-order valence-electron chi connectivity index (χ0n) is 6.52. The fraction of sp³-hybridized carbons (Fsp3) is 1.00. The molecule has 0 aromatic rings. The van der Waals surface area contributed by atoms with Crippen LogP contribution in [0.1, 0.15) is 20.8 Å². The van der Waals surface area contributed by atoms with E-state index >= 15 is 0 Å². The standard InChI is InChI=1S/C6H15NOS/c1-6(2,3)5-9(8)7-4/h7H,5H2,1-4H3. The van der Waals surface area contributed by atoms with Crippen LogP contribution >= 0.6 is 0 Å². The molecule has 0 rings (SSSR count). The second kappa shape index (κ2) is 3.44. The van der Waals surface area contributed by atoms with Crippen LogP contribution in [0.15, 0.2) is 0 Å². The summed E-state index contributed by atoms with van der Waals surface area (Å²) in [6.45, 7) is 6.22. The summed E-state index contributed by atoms with van der Waals surface area (Å²) in [5.41, 5.74) is 0.161. The van der Waals surface area contributed by atoms with Crippen molar-refractivity contribution >= 4 is 11.4 Å². The largest absolute Gasteiger partial charge is 0.598 e. The first kappa shape index (κ1) is 9.27. The average molecular weight is 149 g/mol. The Labute approximate surface area is 60.3 Å². The molecule has 0 aromatic heterocycles. The summed E-state index contributed by atoms with van der Waals surface area (Å²) in [5.74, 6) is 0.712. The highest BCUT2D eigenvalue weighted by Crippen LogP contribution is 2.14. The molecule has 1 unspecified atom stereocenters. The van der Waals surface area contributed by atoms with Crippen LogP contribution in [0.25, 0.3) is 0 Å². The van der Waals surface area contributed by atoms with Crippen molar-refractivity contribution in [1.82, 2.24) is 4.72 Å². The number of hydrogen-bond acceptors (Lipinski definition) is 2. The molecule has 1 atom stereocenters. The van der Waals surface area contributed by atoms with E-state index < -0.39 is 11.4 Å². The quantitative estimate of drug-likeness (QED) is 0.592. The van der Waals surface area contributed by atoms with E-state index in [0.29, 0.717) is 5.75 Å². The van der Waals surface area contributed by atoms with E-state index in [0.717, 1.165) is 0 Å². The Morgan fingerprint density at radius 1 is 1.44 bits per heavy atom. The van der Waals surface area contributed by atoms with Crippen LogP contribution in [0.2, 0.25) is 0 Å². The normalized spacial score (nSPS) is 15.7. The molecule has 3 heteroatoms. The van der Waals surface area contributed by atoms with E-state index in [9.17, 15) is 4.55 Å². The fourth-order valence-electron chi connectivity index (χ4n) is 0.465. The van der Waals surface area contributed by atoms with Gasteiger partial charge in [-0.2, -0.15) is 0 Å². The van der Waals surface area contributed by atoms with E-state index in [2.05, 4.69) is 25.5 Å². The Morgan fingerprint density at radius 2 is 1.89 bits per heavy atom. The molecule has 0 fully saturated rings. The minimum absolute atomic E-state index is 0.161. The Hall–Kier alpha value is 0.270. The van der Waals surface area contributed by atoms with Crippen molar-refractivity contribution in [2.75, 3.05) is 12.8 Å². The molecule has 0 saturated heterocycles. The van der Waals surface area contributed by atoms with E-state index in [1.54, 1.807) is 7.05 Å². The highest BCUT2D eigenvalue weighted by molar-refractivity contribution is 7.89. The fourth-order valence-corrected chi connectivity index (χ4v) is 1.40. The molecule has 0 aliphatic rings. The third-order valence-electron chi connectivity index (χ3n) is 0.792. The lowest BCUT2D eigenvalue weighted by molar-refractivity contribution is 0.459. The van der Waals surface area contributed by atoms with Gasteiger partial charge in [-0.25, -0.2) is 0 Å². The topological polar surface area (TPSA) is 35.1 Å². The maximum atomic E-state index is 10.8. The number of nitrogens with one attached hydrogen (secondary N) is 1. The molecule has 0 radical (unpaired) electrons. The predicted molar refractivity (Wildman–Crippen MR) is 41.5 cm³/mol. The molecule has 0 saturated carbocycles. The zero-order valence-corrected chi connectivity index (χ0v) is 7.34. The molecule has 1 N–H and O–H groups in total. The summed E-state index contributed by atoms with van der Waals surface area (Å²) in [6, 6.07) is 0. The molecule has 0 heterocycles. The summed E-state index contributed by atoms with van der Waals surface area (Å²) in [7, 11) is 1.71. The van der Waals surface area contributed by atoms with Crippen LogP contribution < -0.4 is 4.72 Å². The van der Waals surface area contributed by atoms with Gasteiger partial charge in [-0.3, -0.25) is 0 Å². The molecule has 2 nitrogen and oxygen atoms in total. The zero-order chi connectivity index (χ0) is 7.49. The first-order valence-electron chi connectivity index (χ1n) is 3.01. The van der Waals surface area contributed by atoms with Crippen molar-refractivity contribution in [3.8, 4) is 0 Å². The molecule has 0 aliphatic carbocycles.